The summed E-state index contributed by atoms with van der Waals surface area (Å²) in [4.78, 5) is 81.9. The van der Waals surface area contributed by atoms with Crippen LogP contribution in [0.15, 0.2) is 36.7 Å². The minimum atomic E-state index is -0.955. The van der Waals surface area contributed by atoms with E-state index in [1.807, 2.05) is 35.8 Å². The molecule has 4 atom stereocenters. The maximum atomic E-state index is 13.9. The summed E-state index contributed by atoms with van der Waals surface area (Å²) in [6, 6.07) is 12.8. The molecule has 0 spiro atoms. The number of carbonyl (C=O) groups is 5. The van der Waals surface area contributed by atoms with E-state index in [2.05, 4.69) is 78.7 Å². The molecule has 0 saturated carbocycles. The Kier molecular flexibility index (Phi) is 18.6. The van der Waals surface area contributed by atoms with E-state index in [0.717, 1.165) is 74.3 Å². The topological polar surface area (TPSA) is 285 Å². The van der Waals surface area contributed by atoms with Gasteiger partial charge in [0.25, 0.3) is 11.8 Å². The standard InChI is InChI=1S/C26H34N8O3.C18H17ClN6O4.C11H22N2O/c1-16-14-33(17(2)13-32(16)19-7-9-37-10-8-19)25(36)34-15-20-22(26(34,3)4)30-31-23(20)29-24(35)21-6-5-18(11-27)12-28-21;1-4-29-17(28)25-13-11(9-24(16(19)27)18(13,2)3)14(23-25)22-15(26)12-6-5-10(7-20)8-21-12;1-9-8-13(10(2)7-12-9)11-3-5-14-6-4-11/h5-6,12,16-17,19H,7-10,13-15H2,1-4H3,(H2,29,30,31,35);5-6,8H,4,9H2,1-3H3,(H,22,23,26);9-12H,3-8H2,1-2H3/t16-,17+;;9-,10+/m1.0/s1. The van der Waals surface area contributed by atoms with Gasteiger partial charge >= 0.3 is 17.5 Å². The number of nitrogens with zero attached hydrogens (tertiary/aromatic N) is 12. The van der Waals surface area contributed by atoms with Gasteiger partial charge in [0, 0.05) is 112 Å². The van der Waals surface area contributed by atoms with Crippen molar-refractivity contribution in [1.29, 1.82) is 10.5 Å². The molecule has 80 heavy (non-hydrogen) atoms. The molecule has 4 saturated heterocycles. The van der Waals surface area contributed by atoms with Crippen LogP contribution in [0, 0.1) is 22.7 Å². The number of nitriles is 2. The number of piperazine rings is 2. The Balaban J connectivity index is 0.000000173. The highest BCUT2D eigenvalue weighted by molar-refractivity contribution is 6.62. The third-order valence-corrected chi connectivity index (χ3v) is 16.2. The minimum absolute atomic E-state index is 0.00777. The number of hydrogen-bond donors (Lipinski definition) is 4. The number of aromatic amines is 1. The number of urea groups is 1. The first-order valence-electron chi connectivity index (χ1n) is 27.4. The van der Waals surface area contributed by atoms with Crippen LogP contribution in [0.3, 0.4) is 0 Å². The van der Waals surface area contributed by atoms with Crippen LogP contribution in [-0.4, -0.2) is 179 Å². The van der Waals surface area contributed by atoms with Crippen molar-refractivity contribution in [3.63, 3.8) is 0 Å². The second-order valence-corrected chi connectivity index (χ2v) is 22.4. The zero-order valence-corrected chi connectivity index (χ0v) is 47.8. The van der Waals surface area contributed by atoms with Gasteiger partial charge in [0.2, 0.25) is 0 Å². The smallest absolute Gasteiger partial charge is 0.435 e. The number of H-pyrrole nitrogens is 1. The Bertz CT molecular complexity index is 2980. The first-order chi connectivity index (χ1) is 38.2. The van der Waals surface area contributed by atoms with E-state index in [9.17, 15) is 24.0 Å². The van der Waals surface area contributed by atoms with Crippen LogP contribution < -0.4 is 16.0 Å². The van der Waals surface area contributed by atoms with Crippen molar-refractivity contribution in [3.05, 3.63) is 81.7 Å². The van der Waals surface area contributed by atoms with Crippen molar-refractivity contribution in [2.45, 2.75) is 148 Å². The van der Waals surface area contributed by atoms with E-state index >= 15 is 0 Å². The van der Waals surface area contributed by atoms with Crippen LogP contribution in [0.5, 0.6) is 0 Å². The van der Waals surface area contributed by atoms with Crippen molar-refractivity contribution in [2.75, 3.05) is 69.8 Å². The zero-order valence-electron chi connectivity index (χ0n) is 47.0. The molecular formula is C55H73ClN16O8. The minimum Gasteiger partial charge on any atom is -0.448 e. The molecule has 4 fully saturated rings. The molecule has 4 aromatic heterocycles. The normalized spacial score (nSPS) is 22.7. The SMILES string of the molecule is CCOC(=O)n1nc(NC(=O)c2ccc(C#N)cn2)c2c1C(C)(C)N(C(=O)Cl)C2.C[C@@H]1CN(C(=O)N2Cc3c(NC(=O)c4ccc(C#N)cn4)n[nH]c3C2(C)C)[C@@H](C)CN1C1CCOCC1.C[C@@H]1CN[C@@H](C)CN1C1CCOCC1. The number of aromatic nitrogens is 6. The predicted octanol–water partition coefficient (Wildman–Crippen LogP) is 6.34. The number of fused-ring (bicyclic) bond motifs is 2. The molecule has 24 nitrogen and oxygen atoms in total. The van der Waals surface area contributed by atoms with Gasteiger partial charge in [-0.1, -0.05) is 0 Å². The maximum Gasteiger partial charge on any atom is 0.435 e. The van der Waals surface area contributed by atoms with Gasteiger partial charge in [-0.2, -0.15) is 20.3 Å². The summed E-state index contributed by atoms with van der Waals surface area (Å²) in [6.45, 7) is 25.9. The highest BCUT2D eigenvalue weighted by atomic mass is 35.5. The summed E-state index contributed by atoms with van der Waals surface area (Å²) in [5, 5.41) is 37.6. The maximum absolute atomic E-state index is 13.9. The molecule has 0 aliphatic carbocycles. The molecule has 6 aliphatic rings. The number of amides is 5. The quantitative estimate of drug-likeness (QED) is 0.116. The fraction of sp³-hybridized carbons (Fsp3) is 0.582. The molecule has 10 rings (SSSR count). The Labute approximate surface area is 471 Å². The number of nitrogens with one attached hydrogen (secondary N) is 4. The van der Waals surface area contributed by atoms with Crippen molar-refractivity contribution < 1.29 is 38.2 Å². The molecule has 0 radical (unpaired) electrons. The van der Waals surface area contributed by atoms with Gasteiger partial charge in [-0.25, -0.2) is 19.6 Å². The average molecular weight is 1120 g/mol. The van der Waals surface area contributed by atoms with E-state index in [0.29, 0.717) is 59.4 Å². The van der Waals surface area contributed by atoms with Gasteiger partial charge in [-0.15, -0.1) is 5.10 Å². The fourth-order valence-corrected chi connectivity index (χ4v) is 11.8. The number of pyridine rings is 2. The second-order valence-electron chi connectivity index (χ2n) is 22.1. The fourth-order valence-electron chi connectivity index (χ4n) is 11.5. The number of rotatable bonds is 7. The molecule has 4 aromatic rings. The van der Waals surface area contributed by atoms with Crippen molar-refractivity contribution in [3.8, 4) is 12.1 Å². The highest BCUT2D eigenvalue weighted by Crippen LogP contribution is 2.44. The predicted molar refractivity (Wildman–Crippen MR) is 294 cm³/mol. The Hall–Kier alpha value is -7.06. The molecule has 4 N–H and O–H groups in total. The van der Waals surface area contributed by atoms with Gasteiger partial charge in [-0.3, -0.25) is 29.3 Å². The van der Waals surface area contributed by atoms with Crippen LogP contribution in [-0.2, 0) is 38.4 Å². The number of halogens is 1. The van der Waals surface area contributed by atoms with Crippen LogP contribution >= 0.6 is 11.6 Å². The zero-order chi connectivity index (χ0) is 57.6. The molecule has 6 aliphatic heterocycles. The Morgan fingerprint density at radius 1 is 0.738 bits per heavy atom. The molecule has 25 heteroatoms. The highest BCUT2D eigenvalue weighted by Gasteiger charge is 2.49. The van der Waals surface area contributed by atoms with E-state index < -0.39 is 34.4 Å². The molecule has 0 unspecified atom stereocenters. The summed E-state index contributed by atoms with van der Waals surface area (Å²) >= 11 is 5.71. The van der Waals surface area contributed by atoms with Gasteiger partial charge in [0.15, 0.2) is 11.6 Å². The largest absolute Gasteiger partial charge is 0.448 e. The van der Waals surface area contributed by atoms with Gasteiger partial charge < -0.3 is 44.9 Å². The molecule has 5 amide bonds. The van der Waals surface area contributed by atoms with Gasteiger partial charge in [-0.05, 0) is 124 Å². The molecule has 428 valence electrons. The number of carbonyl (C=O) groups excluding carboxylic acids is 5. The molecule has 0 aromatic carbocycles. The third kappa shape index (κ3) is 12.6. The lowest BCUT2D eigenvalue weighted by Crippen LogP contribution is -2.63. The third-order valence-electron chi connectivity index (χ3n) is 16.0. The number of hydrogen-bond acceptors (Lipinski definition) is 17. The molecular weight excluding hydrogens is 1050 g/mol. The number of anilines is 2. The Morgan fingerprint density at radius 2 is 1.29 bits per heavy atom. The van der Waals surface area contributed by atoms with Crippen molar-refractivity contribution in [2.24, 2.45) is 0 Å². The monoisotopic (exact) mass is 1120 g/mol. The van der Waals surface area contributed by atoms with Crippen LogP contribution in [0.1, 0.15) is 143 Å². The van der Waals surface area contributed by atoms with Crippen LogP contribution in [0.4, 0.5) is 26.0 Å². The van der Waals surface area contributed by atoms with Crippen LogP contribution in [0.2, 0.25) is 0 Å². The lowest BCUT2D eigenvalue weighted by atomic mass is 9.99. The average Bonchev–Trinajstić information content (AvgIpc) is 4.39. The summed E-state index contributed by atoms with van der Waals surface area (Å²) in [5.74, 6) is -0.523. The lowest BCUT2D eigenvalue weighted by Gasteiger charge is -2.49. The first-order valence-corrected chi connectivity index (χ1v) is 27.7. The van der Waals surface area contributed by atoms with Crippen LogP contribution in [0.25, 0.3) is 0 Å². The van der Waals surface area contributed by atoms with E-state index in [1.54, 1.807) is 26.8 Å². The Morgan fingerprint density at radius 3 is 1.81 bits per heavy atom. The van der Waals surface area contributed by atoms with Crippen molar-refractivity contribution >= 4 is 52.5 Å². The summed E-state index contributed by atoms with van der Waals surface area (Å²) in [7, 11) is 0. The van der Waals surface area contributed by atoms with Crippen molar-refractivity contribution in [1.82, 2.24) is 59.8 Å². The number of ether oxygens (including phenoxy) is 3. The lowest BCUT2D eigenvalue weighted by molar-refractivity contribution is -0.0237. The van der Waals surface area contributed by atoms with Gasteiger partial charge in [0.05, 0.1) is 53.3 Å². The molecule has 0 bridgehead atoms. The van der Waals surface area contributed by atoms with E-state index in [4.69, 9.17) is 36.3 Å². The van der Waals surface area contributed by atoms with E-state index in [-0.39, 0.29) is 48.5 Å². The molecule has 10 heterocycles. The van der Waals surface area contributed by atoms with E-state index in [1.165, 1.54) is 54.9 Å². The summed E-state index contributed by atoms with van der Waals surface area (Å²) < 4.78 is 17.0. The second kappa shape index (κ2) is 25.2. The first kappa shape index (κ1) is 59.1. The van der Waals surface area contributed by atoms with Gasteiger partial charge in [0.1, 0.15) is 23.5 Å². The summed E-state index contributed by atoms with van der Waals surface area (Å²) in [6.07, 6.45) is 6.41. The summed E-state index contributed by atoms with van der Waals surface area (Å²) in [5.41, 5.74) is 1.84.